The molecule has 0 fully saturated rings. The van der Waals surface area contributed by atoms with E-state index in [4.69, 9.17) is 14.5 Å². The van der Waals surface area contributed by atoms with Gasteiger partial charge in [0.15, 0.2) is 5.17 Å². The normalized spacial score (nSPS) is 21.7. The van der Waals surface area contributed by atoms with E-state index in [0.29, 0.717) is 5.17 Å². The Morgan fingerprint density at radius 1 is 1.08 bits per heavy atom. The average Bonchev–Trinajstić information content (AvgIpc) is 3.16. The number of carbonyl (C=O) groups excluding carboxylic acids is 2. The number of halogens is 1. The van der Waals surface area contributed by atoms with E-state index in [2.05, 4.69) is 46.3 Å². The van der Waals surface area contributed by atoms with Crippen molar-refractivity contribution in [2.24, 2.45) is 10.9 Å². The quantitative estimate of drug-likeness (QED) is 0.345. The minimum Gasteiger partial charge on any atom is -0.443 e. The second-order valence-electron chi connectivity index (χ2n) is 11.5. The number of amidine groups is 1. The van der Waals surface area contributed by atoms with Crippen molar-refractivity contribution in [2.45, 2.75) is 84.0 Å². The van der Waals surface area contributed by atoms with Gasteiger partial charge in [0.25, 0.3) is 0 Å². The molecule has 2 atom stereocenters. The largest absolute Gasteiger partial charge is 0.443 e. The lowest BCUT2D eigenvalue weighted by atomic mass is 9.68. The molecule has 6 nitrogen and oxygen atoms in total. The van der Waals surface area contributed by atoms with Gasteiger partial charge in [-0.1, -0.05) is 42.1 Å². The number of imide groups is 1. The van der Waals surface area contributed by atoms with Crippen molar-refractivity contribution in [3.05, 3.63) is 56.2 Å². The van der Waals surface area contributed by atoms with Gasteiger partial charge in [-0.2, -0.15) is 4.90 Å². The number of amides is 2. The highest BCUT2D eigenvalue weighted by atomic mass is 79.9. The van der Waals surface area contributed by atoms with Crippen LogP contribution in [0.4, 0.5) is 9.59 Å². The highest BCUT2D eigenvalue weighted by Gasteiger charge is 2.49. The van der Waals surface area contributed by atoms with Crippen LogP contribution in [-0.4, -0.2) is 39.2 Å². The Morgan fingerprint density at radius 2 is 1.70 bits per heavy atom. The first-order chi connectivity index (χ1) is 17.3. The molecule has 2 amide bonds. The maximum atomic E-state index is 13.4. The molecule has 1 spiro atoms. The third-order valence-electron chi connectivity index (χ3n) is 6.32. The van der Waals surface area contributed by atoms with Crippen molar-refractivity contribution in [3.8, 4) is 0 Å². The molecule has 200 valence electrons. The number of hydrogen-bond acceptors (Lipinski definition) is 7. The van der Waals surface area contributed by atoms with Crippen LogP contribution in [0.15, 0.2) is 45.2 Å². The fourth-order valence-electron chi connectivity index (χ4n) is 4.89. The van der Waals surface area contributed by atoms with Crippen molar-refractivity contribution in [3.63, 3.8) is 0 Å². The number of thioether (sulfide) groups is 1. The average molecular weight is 608 g/mol. The van der Waals surface area contributed by atoms with Crippen molar-refractivity contribution in [1.29, 1.82) is 0 Å². The first kappa shape index (κ1) is 28.2. The Morgan fingerprint density at radius 3 is 2.30 bits per heavy atom. The molecule has 1 aliphatic heterocycles. The summed E-state index contributed by atoms with van der Waals surface area (Å²) in [5.74, 6) is 0.943. The first-order valence-electron chi connectivity index (χ1n) is 12.6. The Hall–Kier alpha value is -1.84. The van der Waals surface area contributed by atoms with E-state index in [1.54, 1.807) is 52.9 Å². The maximum absolute atomic E-state index is 13.4. The smallest absolute Gasteiger partial charge is 0.426 e. The molecule has 2 aliphatic rings. The van der Waals surface area contributed by atoms with E-state index >= 15 is 0 Å². The van der Waals surface area contributed by atoms with E-state index in [9.17, 15) is 9.59 Å². The van der Waals surface area contributed by atoms with Crippen molar-refractivity contribution >= 4 is 56.4 Å². The minimum absolute atomic E-state index is 0.221. The summed E-state index contributed by atoms with van der Waals surface area (Å²) in [6, 6.07) is 12.7. The van der Waals surface area contributed by atoms with Gasteiger partial charge in [-0.05, 0) is 106 Å². The number of hydrogen-bond donors (Lipinski definition) is 0. The third-order valence-corrected chi connectivity index (χ3v) is 8.96. The summed E-state index contributed by atoms with van der Waals surface area (Å²) in [5.41, 5.74) is 0.356. The van der Waals surface area contributed by atoms with Crippen LogP contribution < -0.4 is 0 Å². The van der Waals surface area contributed by atoms with Gasteiger partial charge in [-0.3, -0.25) is 0 Å². The van der Waals surface area contributed by atoms with Crippen LogP contribution >= 0.6 is 39.0 Å². The fraction of sp³-hybridized carbons (Fsp3) is 0.536. The third kappa shape index (κ3) is 6.60. The Balaban J connectivity index is 1.81. The van der Waals surface area contributed by atoms with Crippen LogP contribution in [0.3, 0.4) is 0 Å². The second-order valence-corrected chi connectivity index (χ2v) is 15.1. The Kier molecular flexibility index (Phi) is 8.17. The maximum Gasteiger partial charge on any atom is 0.426 e. The van der Waals surface area contributed by atoms with Gasteiger partial charge in [0.1, 0.15) is 11.2 Å². The van der Waals surface area contributed by atoms with Gasteiger partial charge in [-0.25, -0.2) is 14.6 Å². The molecule has 0 N–H and O–H groups in total. The summed E-state index contributed by atoms with van der Waals surface area (Å²) < 4.78 is 12.4. The number of nitrogens with zero attached hydrogens (tertiary/aromatic N) is 2. The Bertz CT molecular complexity index is 1160. The van der Waals surface area contributed by atoms with Crippen molar-refractivity contribution in [1.82, 2.24) is 4.90 Å². The van der Waals surface area contributed by atoms with Gasteiger partial charge in [-0.15, -0.1) is 11.3 Å². The number of rotatable bonds is 2. The summed E-state index contributed by atoms with van der Waals surface area (Å²) in [4.78, 5) is 34.4. The van der Waals surface area contributed by atoms with Crippen molar-refractivity contribution < 1.29 is 19.1 Å². The molecule has 1 aliphatic carbocycles. The van der Waals surface area contributed by atoms with Crippen LogP contribution in [0.1, 0.15) is 70.4 Å². The molecule has 2 unspecified atom stereocenters. The van der Waals surface area contributed by atoms with E-state index in [1.807, 2.05) is 6.07 Å². The van der Waals surface area contributed by atoms with Gasteiger partial charge in [0, 0.05) is 10.6 Å². The number of carbonyl (C=O) groups is 2. The van der Waals surface area contributed by atoms with E-state index in [0.717, 1.165) is 40.1 Å². The number of thiophene rings is 1. The number of benzene rings is 1. The lowest BCUT2D eigenvalue weighted by Crippen LogP contribution is -2.49. The summed E-state index contributed by atoms with van der Waals surface area (Å²) in [6.45, 7) is 10.7. The number of fused-ring (bicyclic) bond motifs is 2. The molecule has 9 heteroatoms. The molecule has 2 aromatic rings. The van der Waals surface area contributed by atoms with Gasteiger partial charge in [0.2, 0.25) is 0 Å². The zero-order chi connectivity index (χ0) is 27.0. The predicted octanol–water partition coefficient (Wildman–Crippen LogP) is 8.18. The summed E-state index contributed by atoms with van der Waals surface area (Å²) in [5, 5.41) is 0.336. The minimum atomic E-state index is -0.777. The lowest BCUT2D eigenvalue weighted by molar-refractivity contribution is 0.0150. The molecular formula is C28H35BrN2O4S2. The highest BCUT2D eigenvalue weighted by Crippen LogP contribution is 2.52. The number of aryl methyl sites for hydroxylation is 1. The standard InChI is InChI=1S/C28H35BrN2O4S2/c1-26(2,3)34-24(32)31(25(33)35-27(4,5)6)23-30-28(14-15-36-23)19(16-18-10-8-7-9-11-18)12-13-21-20(28)17-22(29)37-21/h7-11,17,19H,12-16H2,1-6H3. The van der Waals surface area contributed by atoms with Gasteiger partial charge in [0.05, 0.1) is 9.33 Å². The van der Waals surface area contributed by atoms with Crippen LogP contribution in [0.2, 0.25) is 0 Å². The van der Waals surface area contributed by atoms with Crippen LogP contribution in [0, 0.1) is 5.92 Å². The van der Waals surface area contributed by atoms with Crippen LogP contribution in [0.5, 0.6) is 0 Å². The zero-order valence-electron chi connectivity index (χ0n) is 22.3. The lowest BCUT2D eigenvalue weighted by Gasteiger charge is -2.44. The molecule has 2 heterocycles. The molecule has 37 heavy (non-hydrogen) atoms. The molecule has 1 aromatic heterocycles. The molecule has 1 aromatic carbocycles. The van der Waals surface area contributed by atoms with Crippen LogP contribution in [-0.2, 0) is 27.9 Å². The summed E-state index contributed by atoms with van der Waals surface area (Å²) in [6.07, 6.45) is 2.12. The van der Waals surface area contributed by atoms with Crippen molar-refractivity contribution in [2.75, 3.05) is 5.75 Å². The first-order valence-corrected chi connectivity index (χ1v) is 15.2. The van der Waals surface area contributed by atoms with Gasteiger partial charge < -0.3 is 9.47 Å². The van der Waals surface area contributed by atoms with Crippen LogP contribution in [0.25, 0.3) is 0 Å². The fourth-order valence-corrected chi connectivity index (χ4v) is 7.78. The monoisotopic (exact) mass is 606 g/mol. The molecule has 0 bridgehead atoms. The van der Waals surface area contributed by atoms with Gasteiger partial charge >= 0.3 is 12.2 Å². The highest BCUT2D eigenvalue weighted by molar-refractivity contribution is 9.11. The SMILES string of the molecule is CC(C)(C)OC(=O)N(C(=O)OC(C)(C)C)C1=NC2(CCS1)c1cc(Br)sc1CCC2Cc1ccccc1. The molecule has 0 radical (unpaired) electrons. The van der Waals surface area contributed by atoms with E-state index in [-0.39, 0.29) is 5.92 Å². The summed E-state index contributed by atoms with van der Waals surface area (Å²) >= 11 is 6.84. The molecule has 4 rings (SSSR count). The molecule has 0 saturated heterocycles. The second kappa shape index (κ2) is 10.7. The predicted molar refractivity (Wildman–Crippen MR) is 154 cm³/mol. The molecular weight excluding hydrogens is 572 g/mol. The summed E-state index contributed by atoms with van der Waals surface area (Å²) in [7, 11) is 0. The number of ether oxygens (including phenoxy) is 2. The zero-order valence-corrected chi connectivity index (χ0v) is 25.5. The van der Waals surface area contributed by atoms with E-state index < -0.39 is 28.9 Å². The topological polar surface area (TPSA) is 68.2 Å². The molecule has 0 saturated carbocycles. The Labute approximate surface area is 236 Å². The number of aliphatic imine (C=N–C) groups is 1. The van der Waals surface area contributed by atoms with E-state index in [1.165, 1.54) is 27.8 Å².